The highest BCUT2D eigenvalue weighted by atomic mass is 32.1. The van der Waals surface area contributed by atoms with Gasteiger partial charge in [0.25, 0.3) is 0 Å². The van der Waals surface area contributed by atoms with Gasteiger partial charge in [0.1, 0.15) is 0 Å². The molecule has 0 unspecified atom stereocenters. The lowest BCUT2D eigenvalue weighted by Gasteiger charge is -2.36. The topological polar surface area (TPSA) is 0 Å². The highest BCUT2D eigenvalue weighted by molar-refractivity contribution is 7.19. The molecule has 0 bridgehead atoms. The zero-order valence-electron chi connectivity index (χ0n) is 80.6. The fourth-order valence-electron chi connectivity index (χ4n) is 19.3. The minimum absolute atomic E-state index is 0.0186. The number of thiophene rings is 1. The Bertz CT molecular complexity index is 5080. The second-order valence-corrected chi connectivity index (χ2v) is 55.9. The van der Waals surface area contributed by atoms with E-state index in [1.807, 2.05) is 11.3 Å². The molecule has 2 aliphatic rings. The highest BCUT2D eigenvalue weighted by Crippen LogP contribution is 2.49. The summed E-state index contributed by atoms with van der Waals surface area (Å²) in [6.07, 6.45) is 6.59. The quantitative estimate of drug-likeness (QED) is 0.140. The normalized spacial score (nSPS) is 15.3. The Hall–Kier alpha value is -6.51. The molecule has 0 amide bonds. The van der Waals surface area contributed by atoms with Crippen LogP contribution in [0.4, 0.5) is 8.78 Å². The molecule has 0 atom stereocenters. The first-order valence-electron chi connectivity index (χ1n) is 44.9. The summed E-state index contributed by atoms with van der Waals surface area (Å²) in [7, 11) is -2.72. The van der Waals surface area contributed by atoms with Gasteiger partial charge in [-0.2, -0.15) is 0 Å². The number of fused-ring (bicyclic) bond motifs is 5. The predicted molar refractivity (Wildman–Crippen MR) is 529 cm³/mol. The number of hydrogen-bond acceptors (Lipinski definition) is 1. The molecule has 2 aliphatic carbocycles. The lowest BCUT2D eigenvalue weighted by molar-refractivity contribution is -0.0381. The van der Waals surface area contributed by atoms with Crippen LogP contribution >= 0.6 is 11.3 Å². The fourth-order valence-corrected chi connectivity index (χ4v) is 26.1. The van der Waals surface area contributed by atoms with Crippen LogP contribution in [0, 0.1) is 53.9 Å². The van der Waals surface area contributed by atoms with Crippen LogP contribution in [-0.4, -0.2) is 22.1 Å². The molecule has 2 saturated carbocycles. The molecular weight excluding hydrogens is 1470 g/mol. The number of halogens is 2. The van der Waals surface area contributed by atoms with E-state index in [0.29, 0.717) is 18.3 Å². The molecule has 0 saturated heterocycles. The summed E-state index contributed by atoms with van der Waals surface area (Å²) in [5.74, 6) is -1.49. The fraction of sp³-hybridized carbons (Fsp3) is 0.518. The first-order valence-corrected chi connectivity index (χ1v) is 51.9. The van der Waals surface area contributed by atoms with Crippen LogP contribution in [0.1, 0.15) is 332 Å². The largest absolute Gasteiger partial charge is 0.248 e. The Morgan fingerprint density at radius 2 is 0.632 bits per heavy atom. The predicted octanol–water partition coefficient (Wildman–Crippen LogP) is 34.4. The molecule has 634 valence electrons. The van der Waals surface area contributed by atoms with Crippen LogP contribution in [-0.2, 0) is 37.9 Å². The monoisotopic (exact) mass is 1630 g/mol. The van der Waals surface area contributed by atoms with Crippen molar-refractivity contribution in [3.8, 4) is 0 Å². The zero-order chi connectivity index (χ0) is 87.7. The average molecular weight is 1630 g/mol. The molecule has 13 rings (SSSR count). The molecule has 0 spiro atoms. The average Bonchev–Trinajstić information content (AvgIpc) is 0.963. The molecular formula is C112H158F2SSi2. The standard InChI is InChI=1S/C23H32.C21H26F2.C21H32Si.C18H26Si.C16H26.C13H16S/c1-16-18-9-7-8-10-19(18)20(15-21(16)22(2,3)4)17-11-13-23(5,6)14-12-17;1-14-16-7-5-6-8-17(16)18(13-19(14)20(2,3)4)15-9-11-21(22,23)12-10-15;1-8-22(9-2,10-3)20-15-19(21(5,6)7)16(4)17-13-11-12-14-18(17)20;1-13-14-10-8-9-11-15(14)17(19(5,6)7)12-16(13)18(2,3)4;1-11-9-13(15(3,4)5)10-14(12(11)2)16(6,7)8;1-9-10-7-5-6-8-11(10)14-12(9)13(2,3)4/h7-10,15,17H,11-14H2,1-6H3;5-8,13,15H,9-12H2,1-4H3;11-15H,8-10H2,1-7H3;8-12H,1-7H3;9-10H,1-8H3;5-8H,1-4H3. The van der Waals surface area contributed by atoms with Crippen LogP contribution < -0.4 is 10.4 Å². The number of hydrogen-bond donors (Lipinski definition) is 0. The van der Waals surface area contributed by atoms with E-state index in [9.17, 15) is 8.78 Å². The number of alkyl halides is 2. The Morgan fingerprint density at radius 1 is 0.333 bits per heavy atom. The lowest BCUT2D eigenvalue weighted by Crippen LogP contribution is -2.46. The van der Waals surface area contributed by atoms with E-state index in [0.717, 1.165) is 5.92 Å². The van der Waals surface area contributed by atoms with E-state index in [1.165, 1.54) is 180 Å². The summed E-state index contributed by atoms with van der Waals surface area (Å²) in [6.45, 7) is 83.4. The van der Waals surface area contributed by atoms with E-state index in [-0.39, 0.29) is 56.7 Å². The van der Waals surface area contributed by atoms with Gasteiger partial charge < -0.3 is 0 Å². The van der Waals surface area contributed by atoms with Gasteiger partial charge in [-0.3, -0.25) is 0 Å². The molecule has 5 heteroatoms. The van der Waals surface area contributed by atoms with Crippen LogP contribution in [0.3, 0.4) is 0 Å². The first-order chi connectivity index (χ1) is 53.8. The summed E-state index contributed by atoms with van der Waals surface area (Å²) in [5, 5.41) is 16.1. The first kappa shape index (κ1) is 96.0. The van der Waals surface area contributed by atoms with Crippen LogP contribution in [0.2, 0.25) is 37.8 Å². The minimum Gasteiger partial charge on any atom is -0.207 e. The number of aryl methyl sites for hydroxylation is 6. The van der Waals surface area contributed by atoms with Crippen molar-refractivity contribution in [1.29, 1.82) is 0 Å². The zero-order valence-corrected chi connectivity index (χ0v) is 83.4. The molecule has 10 aromatic carbocycles. The highest BCUT2D eigenvalue weighted by Gasteiger charge is 2.38. The van der Waals surface area contributed by atoms with E-state index >= 15 is 0 Å². The summed E-state index contributed by atoms with van der Waals surface area (Å²) in [4.78, 5) is 1.51. The van der Waals surface area contributed by atoms with Gasteiger partial charge in [0.05, 0.1) is 16.1 Å². The Labute approximate surface area is 719 Å². The molecule has 1 heterocycles. The van der Waals surface area contributed by atoms with Gasteiger partial charge in [0, 0.05) is 22.4 Å². The molecule has 0 aliphatic heterocycles. The van der Waals surface area contributed by atoms with Gasteiger partial charge in [-0.1, -0.05) is 380 Å². The maximum atomic E-state index is 13.5. The summed E-state index contributed by atoms with van der Waals surface area (Å²) in [5.41, 5.74) is 23.7. The molecule has 117 heavy (non-hydrogen) atoms. The summed E-state index contributed by atoms with van der Waals surface area (Å²) >= 11 is 1.93. The Morgan fingerprint density at radius 3 is 0.966 bits per heavy atom. The SMILES string of the molecule is CC[Si](CC)(CC)c1cc(C(C)(C)C)c(C)c2ccccc12.Cc1c(C(C)(C)C)cc(C2CCC(C)(C)CC2)c2ccccc12.Cc1c(C(C)(C)C)cc(C2CCC(F)(F)CC2)c2ccccc12.Cc1c(C(C)(C)C)cc([Si](C)(C)C)c2ccccc12.Cc1c(C(C)(C)C)sc2ccccc12.Cc1cc(C(C)(C)C)cc(C(C)(C)C)c1C. The Balaban J connectivity index is 0.000000177. The van der Waals surface area contributed by atoms with E-state index < -0.39 is 22.1 Å². The van der Waals surface area contributed by atoms with Gasteiger partial charge in [-0.15, -0.1) is 11.3 Å². The van der Waals surface area contributed by atoms with E-state index in [1.54, 1.807) is 15.9 Å². The van der Waals surface area contributed by atoms with Crippen molar-refractivity contribution in [1.82, 2.24) is 0 Å². The van der Waals surface area contributed by atoms with Crippen LogP contribution in [0.15, 0.2) is 158 Å². The third-order valence-electron chi connectivity index (χ3n) is 26.8. The van der Waals surface area contributed by atoms with Crippen molar-refractivity contribution in [2.45, 2.75) is 373 Å². The van der Waals surface area contributed by atoms with E-state index in [2.05, 4.69) is 406 Å². The van der Waals surface area contributed by atoms with Gasteiger partial charge >= 0.3 is 0 Å². The molecule has 0 radical (unpaired) electrons. The van der Waals surface area contributed by atoms with Gasteiger partial charge in [0.2, 0.25) is 5.92 Å². The third kappa shape index (κ3) is 22.8. The summed E-state index contributed by atoms with van der Waals surface area (Å²) in [6, 6.07) is 62.8. The smallest absolute Gasteiger partial charge is 0.207 e. The van der Waals surface area contributed by atoms with Crippen LogP contribution in [0.5, 0.6) is 0 Å². The Kier molecular flexibility index (Phi) is 30.1. The lowest BCUT2D eigenvalue weighted by atomic mass is 9.69. The van der Waals surface area contributed by atoms with Crippen molar-refractivity contribution in [3.63, 3.8) is 0 Å². The molecule has 0 nitrogen and oxygen atoms in total. The molecule has 11 aromatic rings. The van der Waals surface area contributed by atoms with Gasteiger partial charge in [0.15, 0.2) is 0 Å². The van der Waals surface area contributed by atoms with Gasteiger partial charge in [-0.05, 0) is 280 Å². The number of rotatable bonds is 7. The molecule has 0 N–H and O–H groups in total. The molecule has 2 fully saturated rings. The van der Waals surface area contributed by atoms with Gasteiger partial charge in [-0.25, -0.2) is 8.78 Å². The van der Waals surface area contributed by atoms with Crippen molar-refractivity contribution in [3.05, 3.63) is 246 Å². The van der Waals surface area contributed by atoms with E-state index in [4.69, 9.17) is 0 Å². The number of benzene rings is 10. The minimum atomic E-state index is -2.47. The third-order valence-corrected chi connectivity index (χ3v) is 36.1. The van der Waals surface area contributed by atoms with Crippen molar-refractivity contribution in [2.75, 3.05) is 0 Å². The second-order valence-electron chi connectivity index (χ2n) is 44.6. The van der Waals surface area contributed by atoms with Crippen molar-refractivity contribution < 1.29 is 8.78 Å². The maximum absolute atomic E-state index is 13.5. The second kappa shape index (κ2) is 36.7. The molecule has 1 aromatic heterocycles. The van der Waals surface area contributed by atoms with Crippen LogP contribution in [0.25, 0.3) is 53.2 Å². The van der Waals surface area contributed by atoms with Crippen molar-refractivity contribution in [2.24, 2.45) is 5.41 Å². The maximum Gasteiger partial charge on any atom is 0.248 e. The van der Waals surface area contributed by atoms with Crippen molar-refractivity contribution >= 4 is 91.0 Å². The summed E-state index contributed by atoms with van der Waals surface area (Å²) < 4.78 is 28.5.